The minimum Gasteiger partial charge on any atom is -0.481 e. The summed E-state index contributed by atoms with van der Waals surface area (Å²) in [5.41, 5.74) is 4.50. The van der Waals surface area contributed by atoms with Gasteiger partial charge >= 0.3 is 6.09 Å². The highest BCUT2D eigenvalue weighted by atomic mass is 16.6. The molecule has 0 aromatic heterocycles. The molecular weight excluding hydrogens is 214 g/mol. The van der Waals surface area contributed by atoms with Gasteiger partial charge < -0.3 is 20.9 Å². The summed E-state index contributed by atoms with van der Waals surface area (Å²) in [6.07, 6.45) is -0.558. The van der Waals surface area contributed by atoms with Crippen molar-refractivity contribution >= 4 is 17.9 Å². The Morgan fingerprint density at radius 1 is 1.44 bits per heavy atom. The number of carbonyl (C=O) groups is 2. The van der Waals surface area contributed by atoms with E-state index in [9.17, 15) is 4.79 Å². The van der Waals surface area contributed by atoms with Crippen LogP contribution in [0.2, 0.25) is 0 Å². The number of nitrogens with two attached hydrogens (primary N) is 1. The Kier molecular flexibility index (Phi) is 7.79. The van der Waals surface area contributed by atoms with Gasteiger partial charge in [-0.1, -0.05) is 0 Å². The third-order valence-electron chi connectivity index (χ3n) is 0.822. The molecule has 0 rings (SSSR count). The van der Waals surface area contributed by atoms with Gasteiger partial charge in [-0.25, -0.2) is 4.79 Å². The molecule has 1 amide bonds. The molecule has 0 unspecified atom stereocenters. The average Bonchev–Trinajstić information content (AvgIpc) is 1.96. The van der Waals surface area contributed by atoms with Gasteiger partial charge in [0, 0.05) is 6.92 Å². The molecule has 0 bridgehead atoms. The van der Waals surface area contributed by atoms with Crippen LogP contribution in [0, 0.1) is 5.41 Å². The number of hydrogen-bond acceptors (Lipinski definition) is 4. The Bertz CT molecular complexity index is 254. The van der Waals surface area contributed by atoms with Crippen LogP contribution in [0.25, 0.3) is 0 Å². The van der Waals surface area contributed by atoms with Crippen molar-refractivity contribution in [2.45, 2.75) is 33.3 Å². The van der Waals surface area contributed by atoms with Crippen molar-refractivity contribution in [3.05, 3.63) is 0 Å². The van der Waals surface area contributed by atoms with E-state index in [1.807, 2.05) is 0 Å². The van der Waals surface area contributed by atoms with E-state index < -0.39 is 17.7 Å². The number of amides is 1. The maximum atomic E-state index is 10.9. The van der Waals surface area contributed by atoms with E-state index in [-0.39, 0.29) is 12.4 Å². The third-order valence-corrected chi connectivity index (χ3v) is 0.822. The summed E-state index contributed by atoms with van der Waals surface area (Å²) in [5.74, 6) is -0.930. The number of carbonyl (C=O) groups excluding carboxylic acids is 1. The van der Waals surface area contributed by atoms with Crippen LogP contribution in [0.1, 0.15) is 27.7 Å². The second-order valence-corrected chi connectivity index (χ2v) is 3.90. The number of alkyl carbamates (subject to hydrolysis) is 1. The first-order chi connectivity index (χ1) is 7.04. The number of nitrogens with one attached hydrogen (secondary N) is 2. The maximum Gasteiger partial charge on any atom is 0.408 e. The molecular formula is C9H19N3O4. The average molecular weight is 233 g/mol. The highest BCUT2D eigenvalue weighted by Gasteiger charge is 2.15. The van der Waals surface area contributed by atoms with Crippen molar-refractivity contribution in [2.24, 2.45) is 5.73 Å². The summed E-state index contributed by atoms with van der Waals surface area (Å²) in [6.45, 7) is 6.40. The second kappa shape index (κ2) is 7.49. The lowest BCUT2D eigenvalue weighted by Crippen LogP contribution is -2.37. The molecule has 0 fully saturated rings. The van der Waals surface area contributed by atoms with Crippen LogP contribution in [-0.2, 0) is 9.53 Å². The zero-order chi connectivity index (χ0) is 13.4. The first kappa shape index (κ1) is 16.6. The highest BCUT2D eigenvalue weighted by molar-refractivity contribution is 5.82. The highest BCUT2D eigenvalue weighted by Crippen LogP contribution is 2.05. The molecule has 0 spiro atoms. The lowest BCUT2D eigenvalue weighted by atomic mass is 10.2. The molecule has 0 saturated heterocycles. The van der Waals surface area contributed by atoms with Crippen LogP contribution < -0.4 is 11.1 Å². The van der Waals surface area contributed by atoms with Crippen molar-refractivity contribution in [1.82, 2.24) is 5.32 Å². The van der Waals surface area contributed by atoms with E-state index in [0.717, 1.165) is 6.92 Å². The van der Waals surface area contributed by atoms with Crippen LogP contribution in [0.3, 0.4) is 0 Å². The largest absolute Gasteiger partial charge is 0.481 e. The first-order valence-corrected chi connectivity index (χ1v) is 4.54. The second-order valence-electron chi connectivity index (χ2n) is 3.90. The zero-order valence-corrected chi connectivity index (χ0v) is 9.96. The van der Waals surface area contributed by atoms with Gasteiger partial charge in [0.1, 0.15) is 11.4 Å². The molecule has 0 aromatic rings. The summed E-state index contributed by atoms with van der Waals surface area (Å²) in [5, 5.41) is 16.6. The molecule has 0 atom stereocenters. The molecule has 0 saturated carbocycles. The lowest BCUT2D eigenvalue weighted by Gasteiger charge is -2.19. The van der Waals surface area contributed by atoms with E-state index in [0.29, 0.717) is 0 Å². The summed E-state index contributed by atoms with van der Waals surface area (Å²) >= 11 is 0. The molecule has 0 aliphatic heterocycles. The normalized spacial score (nSPS) is 9.50. The first-order valence-electron chi connectivity index (χ1n) is 4.54. The minimum absolute atomic E-state index is 0.0227. The number of carboxylic acids is 1. The topological polar surface area (TPSA) is 125 Å². The van der Waals surface area contributed by atoms with E-state index in [2.05, 4.69) is 5.32 Å². The number of amidine groups is 1. The van der Waals surface area contributed by atoms with Gasteiger partial charge in [-0.2, -0.15) is 0 Å². The van der Waals surface area contributed by atoms with Crippen LogP contribution in [0.15, 0.2) is 0 Å². The van der Waals surface area contributed by atoms with Crippen molar-refractivity contribution in [3.63, 3.8) is 0 Å². The fourth-order valence-electron chi connectivity index (χ4n) is 0.482. The molecule has 94 valence electrons. The Balaban J connectivity index is 0. The van der Waals surface area contributed by atoms with Crippen LogP contribution in [0.5, 0.6) is 0 Å². The SMILES string of the molecule is CC(=O)O.CC(C)(C)OC(=O)NCC(=N)N. The fourth-order valence-corrected chi connectivity index (χ4v) is 0.482. The standard InChI is InChI=1S/C7H15N3O2.C2H4O2/c1-7(2,3)12-6(11)10-4-5(8)9;1-2(3)4/h4H2,1-3H3,(H3,8,9)(H,10,11);1H3,(H,3,4). The molecule has 0 aromatic carbocycles. The van der Waals surface area contributed by atoms with Gasteiger partial charge in [-0.15, -0.1) is 0 Å². The van der Waals surface area contributed by atoms with Gasteiger partial charge in [0.15, 0.2) is 0 Å². The Morgan fingerprint density at radius 2 is 1.81 bits per heavy atom. The minimum atomic E-state index is -0.833. The van der Waals surface area contributed by atoms with E-state index >= 15 is 0 Å². The van der Waals surface area contributed by atoms with Crippen LogP contribution in [0.4, 0.5) is 4.79 Å². The molecule has 0 aliphatic rings. The fraction of sp³-hybridized carbons (Fsp3) is 0.667. The third kappa shape index (κ3) is 22.8. The van der Waals surface area contributed by atoms with Crippen molar-refractivity contribution in [1.29, 1.82) is 5.41 Å². The molecule has 7 heteroatoms. The molecule has 7 nitrogen and oxygen atoms in total. The molecule has 0 heterocycles. The monoisotopic (exact) mass is 233 g/mol. The summed E-state index contributed by atoms with van der Waals surface area (Å²) in [7, 11) is 0. The predicted octanol–water partition coefficient (Wildman–Crippen LogP) is 0.538. The Morgan fingerprint density at radius 3 is 2.06 bits per heavy atom. The van der Waals surface area contributed by atoms with Crippen molar-refractivity contribution < 1.29 is 19.4 Å². The summed E-state index contributed by atoms with van der Waals surface area (Å²) in [6, 6.07) is 0. The number of rotatable bonds is 2. The molecule has 16 heavy (non-hydrogen) atoms. The maximum absolute atomic E-state index is 10.9. The predicted molar refractivity (Wildman–Crippen MR) is 59.5 cm³/mol. The van der Waals surface area contributed by atoms with Crippen LogP contribution in [-0.4, -0.2) is 35.2 Å². The smallest absolute Gasteiger partial charge is 0.408 e. The zero-order valence-electron chi connectivity index (χ0n) is 9.96. The van der Waals surface area contributed by atoms with Gasteiger partial charge in [-0.3, -0.25) is 10.2 Å². The molecule has 0 aliphatic carbocycles. The quantitative estimate of drug-likeness (QED) is 0.409. The number of ether oxygens (including phenoxy) is 1. The van der Waals surface area contributed by atoms with Gasteiger partial charge in [0.25, 0.3) is 5.97 Å². The van der Waals surface area contributed by atoms with Crippen molar-refractivity contribution in [3.8, 4) is 0 Å². The van der Waals surface area contributed by atoms with E-state index in [4.69, 9.17) is 25.8 Å². The van der Waals surface area contributed by atoms with Gasteiger partial charge in [0.05, 0.1) is 6.54 Å². The lowest BCUT2D eigenvalue weighted by molar-refractivity contribution is -0.134. The summed E-state index contributed by atoms with van der Waals surface area (Å²) < 4.78 is 4.89. The number of aliphatic carboxylic acids is 1. The van der Waals surface area contributed by atoms with Crippen LogP contribution >= 0.6 is 0 Å². The summed E-state index contributed by atoms with van der Waals surface area (Å²) in [4.78, 5) is 19.9. The van der Waals surface area contributed by atoms with E-state index in [1.54, 1.807) is 20.8 Å². The Hall–Kier alpha value is -1.79. The van der Waals surface area contributed by atoms with Gasteiger partial charge in [0.2, 0.25) is 0 Å². The van der Waals surface area contributed by atoms with Crippen molar-refractivity contribution in [2.75, 3.05) is 6.54 Å². The molecule has 0 radical (unpaired) electrons. The number of hydrogen-bond donors (Lipinski definition) is 4. The molecule has 5 N–H and O–H groups in total. The van der Waals surface area contributed by atoms with Gasteiger partial charge in [-0.05, 0) is 20.8 Å². The van der Waals surface area contributed by atoms with E-state index in [1.165, 1.54) is 0 Å². The number of carboxylic acid groups (broad SMARTS) is 1. The Labute approximate surface area is 94.5 Å².